The second-order valence-corrected chi connectivity index (χ2v) is 12.1. The van der Waals surface area contributed by atoms with Crippen LogP contribution in [0.2, 0.25) is 0 Å². The van der Waals surface area contributed by atoms with Crippen molar-refractivity contribution in [3.63, 3.8) is 0 Å². The first-order valence-corrected chi connectivity index (χ1v) is 14.7. The number of benzene rings is 2. The zero-order valence-electron chi connectivity index (χ0n) is 22.6. The van der Waals surface area contributed by atoms with E-state index in [9.17, 15) is 31.0 Å². The van der Waals surface area contributed by atoms with Gasteiger partial charge in [-0.25, -0.2) is 35.1 Å². The fourth-order valence-electron chi connectivity index (χ4n) is 6.07. The minimum atomic E-state index is -2.83. The van der Waals surface area contributed by atoms with Crippen molar-refractivity contribution in [2.75, 3.05) is 6.54 Å². The Morgan fingerprint density at radius 1 is 1.02 bits per heavy atom. The molecule has 0 radical (unpaired) electrons. The van der Waals surface area contributed by atoms with Gasteiger partial charge in [-0.05, 0) is 91.9 Å². The van der Waals surface area contributed by atoms with Crippen LogP contribution in [0.5, 0.6) is 0 Å². The van der Waals surface area contributed by atoms with E-state index in [2.05, 4.69) is 10.1 Å². The summed E-state index contributed by atoms with van der Waals surface area (Å²) in [4.78, 5) is 18.6. The Morgan fingerprint density at radius 2 is 1.72 bits per heavy atom. The van der Waals surface area contributed by atoms with Crippen LogP contribution in [0.15, 0.2) is 83.5 Å². The number of allylic oxidation sites excluding steroid dienone is 1. The number of rotatable bonds is 8. The molecule has 0 aliphatic heterocycles. The second-order valence-electron chi connectivity index (χ2n) is 10.7. The number of alkyl halides is 2. The smallest absolute Gasteiger partial charge is 0.252 e. The molecule has 2 heterocycles. The molecule has 3 atom stereocenters. The Morgan fingerprint density at radius 3 is 2.40 bits per heavy atom. The third kappa shape index (κ3) is 5.56. The van der Waals surface area contributed by atoms with Crippen molar-refractivity contribution < 1.29 is 31.0 Å². The molecule has 2 aliphatic rings. The number of hydrogen-bond donors (Lipinski definition) is 0. The molecule has 0 saturated heterocycles. The lowest BCUT2D eigenvalue weighted by Crippen LogP contribution is -2.50. The van der Waals surface area contributed by atoms with Gasteiger partial charge >= 0.3 is 0 Å². The van der Waals surface area contributed by atoms with Gasteiger partial charge < -0.3 is 0 Å². The molecule has 0 amide bonds. The topological polar surface area (TPSA) is 68.1 Å². The molecule has 6 nitrogen and oxygen atoms in total. The summed E-state index contributed by atoms with van der Waals surface area (Å²) in [7, 11) is -2.07. The summed E-state index contributed by atoms with van der Waals surface area (Å²) in [5.41, 5.74) is 1.26. The average Bonchev–Trinajstić information content (AvgIpc) is 3.40. The number of halogens is 5. The number of hydrogen-bond acceptors (Lipinski definition) is 4. The maximum Gasteiger partial charge on any atom is 0.252 e. The van der Waals surface area contributed by atoms with E-state index in [0.29, 0.717) is 35.4 Å². The average molecular weight is 613 g/mol. The molecule has 1 saturated carbocycles. The molecule has 6 rings (SSSR count). The summed E-state index contributed by atoms with van der Waals surface area (Å²) in [6.45, 7) is -0.829. The molecule has 3 unspecified atom stereocenters. The molecule has 4 aromatic rings. The van der Waals surface area contributed by atoms with E-state index >= 15 is 0 Å². The first kappa shape index (κ1) is 29.1. The quantitative estimate of drug-likeness (QED) is 0.172. The van der Waals surface area contributed by atoms with Crippen molar-refractivity contribution in [1.29, 1.82) is 0 Å². The van der Waals surface area contributed by atoms with E-state index in [4.69, 9.17) is 0 Å². The lowest BCUT2D eigenvalue weighted by molar-refractivity contribution is 0.0667. The summed E-state index contributed by atoms with van der Waals surface area (Å²) in [5.74, 6) is -2.09. The van der Waals surface area contributed by atoms with Crippen LogP contribution in [0.1, 0.15) is 41.0 Å². The summed E-state index contributed by atoms with van der Waals surface area (Å²) in [5, 5.41) is 4.48. The summed E-state index contributed by atoms with van der Waals surface area (Å²) in [6, 6.07) is 12.0. The summed E-state index contributed by atoms with van der Waals surface area (Å²) in [6.07, 6.45) is 2.51. The molecule has 12 heteroatoms. The van der Waals surface area contributed by atoms with Gasteiger partial charge in [0.05, 0.1) is 34.4 Å². The monoisotopic (exact) mass is 612 g/mol. The van der Waals surface area contributed by atoms with E-state index < -0.39 is 58.6 Å². The SMILES string of the molecule is O=C(c1cc(F)ccn1)C12Cc3cnn(-c4ccc(F)cc4)c3C=C1CCC(N(CC(F)F)S(=O)c1ccc(F)cc1)C2. The molecule has 0 N–H and O–H groups in total. The van der Waals surface area contributed by atoms with Gasteiger partial charge in [-0.15, -0.1) is 0 Å². The van der Waals surface area contributed by atoms with Crippen LogP contribution in [0.4, 0.5) is 22.0 Å². The van der Waals surface area contributed by atoms with Gasteiger partial charge in [0.1, 0.15) is 34.1 Å². The normalized spacial score (nSPS) is 20.4. The zero-order valence-corrected chi connectivity index (χ0v) is 23.4. The first-order valence-electron chi connectivity index (χ1n) is 13.6. The van der Waals surface area contributed by atoms with Crippen LogP contribution < -0.4 is 0 Å². The molecular formula is C31H25F5N4O2S. The molecule has 2 aliphatic carbocycles. The lowest BCUT2D eigenvalue weighted by atomic mass is 9.60. The Labute approximate surface area is 246 Å². The van der Waals surface area contributed by atoms with Crippen molar-refractivity contribution >= 4 is 22.8 Å². The van der Waals surface area contributed by atoms with Crippen LogP contribution in [-0.2, 0) is 17.4 Å². The number of ketones is 1. The maximum absolute atomic E-state index is 14.3. The first-order chi connectivity index (χ1) is 20.6. The Hall–Kier alpha value is -4.03. The number of pyridine rings is 1. The molecule has 1 fully saturated rings. The number of aromatic nitrogens is 3. The van der Waals surface area contributed by atoms with Crippen LogP contribution in [0.3, 0.4) is 0 Å². The standard InChI is InChI=1S/C31H25F5N4O2S/c32-21-2-7-24(8-3-21)40-28-13-20-1-6-25(39(18-29(35)36)43(42)26-9-4-22(33)5-10-26)16-31(20,15-19(28)17-38-40)30(41)27-14-23(34)11-12-37-27/h2-5,7-14,17,25,29H,1,6,15-16,18H2. The van der Waals surface area contributed by atoms with E-state index in [0.717, 1.165) is 24.3 Å². The van der Waals surface area contributed by atoms with Crippen LogP contribution in [-0.4, -0.2) is 48.1 Å². The second kappa shape index (κ2) is 11.6. The highest BCUT2D eigenvalue weighted by atomic mass is 32.2. The van der Waals surface area contributed by atoms with Crippen molar-refractivity contribution in [2.24, 2.45) is 5.41 Å². The van der Waals surface area contributed by atoms with Gasteiger partial charge in [0, 0.05) is 18.3 Å². The number of Topliss-reactive ketones (excluding diaryl/α,β-unsaturated/α-hetero) is 1. The van der Waals surface area contributed by atoms with Gasteiger partial charge in [-0.1, -0.05) is 5.57 Å². The Balaban J connectivity index is 1.42. The van der Waals surface area contributed by atoms with Crippen molar-refractivity contribution in [3.05, 3.63) is 113 Å². The number of fused-ring (bicyclic) bond motifs is 2. The van der Waals surface area contributed by atoms with Gasteiger partial charge in [-0.2, -0.15) is 5.10 Å². The molecule has 222 valence electrons. The molecular weight excluding hydrogens is 587 g/mol. The third-order valence-corrected chi connectivity index (χ3v) is 9.60. The molecule has 2 aromatic heterocycles. The number of carbonyl (C=O) groups is 1. The predicted molar refractivity (Wildman–Crippen MR) is 149 cm³/mol. The molecule has 2 aromatic carbocycles. The van der Waals surface area contributed by atoms with Crippen molar-refractivity contribution in [2.45, 2.75) is 43.0 Å². The van der Waals surface area contributed by atoms with Crippen molar-refractivity contribution in [3.8, 4) is 5.69 Å². The number of nitrogens with zero attached hydrogens (tertiary/aromatic N) is 4. The van der Waals surface area contributed by atoms with Crippen LogP contribution >= 0.6 is 0 Å². The zero-order chi connectivity index (χ0) is 30.3. The van der Waals surface area contributed by atoms with E-state index in [1.54, 1.807) is 23.0 Å². The predicted octanol–water partition coefficient (Wildman–Crippen LogP) is 6.34. The molecule has 0 spiro atoms. The largest absolute Gasteiger partial charge is 0.291 e. The Bertz CT molecular complexity index is 1720. The van der Waals surface area contributed by atoms with Crippen molar-refractivity contribution in [1.82, 2.24) is 19.1 Å². The molecule has 43 heavy (non-hydrogen) atoms. The van der Waals surface area contributed by atoms with Gasteiger partial charge in [0.15, 0.2) is 5.78 Å². The van der Waals surface area contributed by atoms with Crippen LogP contribution in [0, 0.1) is 22.9 Å². The van der Waals surface area contributed by atoms with Crippen LogP contribution in [0.25, 0.3) is 11.8 Å². The Kier molecular flexibility index (Phi) is 7.82. The fourth-order valence-corrected chi connectivity index (χ4v) is 7.40. The van der Waals surface area contributed by atoms with E-state index in [1.807, 2.05) is 6.08 Å². The maximum atomic E-state index is 14.3. The molecule has 0 bridgehead atoms. The minimum Gasteiger partial charge on any atom is -0.291 e. The highest BCUT2D eigenvalue weighted by molar-refractivity contribution is 7.82. The highest BCUT2D eigenvalue weighted by Gasteiger charge is 2.51. The van der Waals surface area contributed by atoms with E-state index in [1.165, 1.54) is 34.8 Å². The highest BCUT2D eigenvalue weighted by Crippen LogP contribution is 2.51. The van der Waals surface area contributed by atoms with E-state index in [-0.39, 0.29) is 23.4 Å². The van der Waals surface area contributed by atoms with Gasteiger partial charge in [-0.3, -0.25) is 9.78 Å². The summed E-state index contributed by atoms with van der Waals surface area (Å²) >= 11 is 0. The summed E-state index contributed by atoms with van der Waals surface area (Å²) < 4.78 is 85.5. The number of carbonyl (C=O) groups excluding carboxylic acids is 1. The lowest BCUT2D eigenvalue weighted by Gasteiger charge is -2.46. The third-order valence-electron chi connectivity index (χ3n) is 8.05. The van der Waals surface area contributed by atoms with Gasteiger partial charge in [0.2, 0.25) is 0 Å². The fraction of sp³-hybridized carbons (Fsp3) is 0.258. The minimum absolute atomic E-state index is 0.0106. The van der Waals surface area contributed by atoms with Gasteiger partial charge in [0.25, 0.3) is 6.43 Å².